The van der Waals surface area contributed by atoms with E-state index < -0.39 is 0 Å². The average molecular weight is 229 g/mol. The molecule has 0 spiro atoms. The van der Waals surface area contributed by atoms with Gasteiger partial charge in [-0.3, -0.25) is 0 Å². The van der Waals surface area contributed by atoms with Crippen molar-refractivity contribution in [1.82, 2.24) is 0 Å². The number of hydrogen-bond donors (Lipinski definition) is 1. The van der Waals surface area contributed by atoms with Crippen LogP contribution in [0.4, 0.5) is 4.39 Å². The van der Waals surface area contributed by atoms with Gasteiger partial charge in [0.05, 0.1) is 0 Å². The van der Waals surface area contributed by atoms with Crippen molar-refractivity contribution in [3.8, 4) is 11.1 Å². The zero-order valence-electron chi connectivity index (χ0n) is 9.70. The van der Waals surface area contributed by atoms with Gasteiger partial charge in [0.15, 0.2) is 0 Å². The molecule has 0 atom stereocenters. The molecule has 2 heteroatoms. The van der Waals surface area contributed by atoms with Gasteiger partial charge in [-0.15, -0.1) is 0 Å². The van der Waals surface area contributed by atoms with Crippen LogP contribution in [-0.4, -0.2) is 6.54 Å². The smallest absolute Gasteiger partial charge is 0.123 e. The molecule has 0 radical (unpaired) electrons. The van der Waals surface area contributed by atoms with Gasteiger partial charge in [-0.05, 0) is 48.2 Å². The number of halogens is 1. The van der Waals surface area contributed by atoms with Crippen molar-refractivity contribution in [2.24, 2.45) is 5.73 Å². The van der Waals surface area contributed by atoms with Crippen LogP contribution in [0.15, 0.2) is 48.5 Å². The molecule has 0 saturated carbocycles. The van der Waals surface area contributed by atoms with E-state index in [0.29, 0.717) is 6.54 Å². The first-order valence-electron chi connectivity index (χ1n) is 5.84. The van der Waals surface area contributed by atoms with Crippen molar-refractivity contribution in [2.75, 3.05) is 6.54 Å². The van der Waals surface area contributed by atoms with Crippen molar-refractivity contribution >= 4 is 0 Å². The highest BCUT2D eigenvalue weighted by atomic mass is 19.1. The fraction of sp³-hybridized carbons (Fsp3) is 0.200. The van der Waals surface area contributed by atoms with E-state index in [1.807, 2.05) is 18.2 Å². The summed E-state index contributed by atoms with van der Waals surface area (Å²) in [6.07, 6.45) is 1.95. The zero-order valence-corrected chi connectivity index (χ0v) is 9.70. The predicted octanol–water partition coefficient (Wildman–Crippen LogP) is 3.38. The van der Waals surface area contributed by atoms with Crippen LogP contribution >= 0.6 is 0 Å². The molecular formula is C15H16FN. The summed E-state index contributed by atoms with van der Waals surface area (Å²) < 4.78 is 13.1. The quantitative estimate of drug-likeness (QED) is 0.854. The highest BCUT2D eigenvalue weighted by molar-refractivity contribution is 5.64. The van der Waals surface area contributed by atoms with Crippen LogP contribution < -0.4 is 5.73 Å². The third-order valence-corrected chi connectivity index (χ3v) is 2.75. The van der Waals surface area contributed by atoms with E-state index in [1.54, 1.807) is 12.1 Å². The van der Waals surface area contributed by atoms with Crippen molar-refractivity contribution in [3.63, 3.8) is 0 Å². The number of hydrogen-bond acceptors (Lipinski definition) is 1. The number of rotatable bonds is 4. The first-order chi connectivity index (χ1) is 8.29. The first-order valence-corrected chi connectivity index (χ1v) is 5.84. The van der Waals surface area contributed by atoms with Crippen LogP contribution in [0.2, 0.25) is 0 Å². The van der Waals surface area contributed by atoms with Gasteiger partial charge in [0.2, 0.25) is 0 Å². The second kappa shape index (κ2) is 5.60. The first kappa shape index (κ1) is 11.8. The van der Waals surface area contributed by atoms with Crippen molar-refractivity contribution in [3.05, 3.63) is 59.9 Å². The Labute approximate surface area is 101 Å². The maximum absolute atomic E-state index is 13.1. The lowest BCUT2D eigenvalue weighted by molar-refractivity contribution is 0.628. The minimum atomic E-state index is -0.199. The maximum atomic E-state index is 13.1. The molecule has 0 aliphatic heterocycles. The molecule has 0 aliphatic rings. The van der Waals surface area contributed by atoms with E-state index in [9.17, 15) is 4.39 Å². The third kappa shape index (κ3) is 3.14. The summed E-state index contributed by atoms with van der Waals surface area (Å²) in [7, 11) is 0. The predicted molar refractivity (Wildman–Crippen MR) is 69.2 cm³/mol. The third-order valence-electron chi connectivity index (χ3n) is 2.75. The van der Waals surface area contributed by atoms with Crippen LogP contribution in [0, 0.1) is 5.82 Å². The molecule has 2 aromatic rings. The molecule has 1 nitrogen and oxygen atoms in total. The van der Waals surface area contributed by atoms with Gasteiger partial charge >= 0.3 is 0 Å². The maximum Gasteiger partial charge on any atom is 0.123 e. The molecule has 0 aromatic heterocycles. The van der Waals surface area contributed by atoms with Crippen molar-refractivity contribution < 1.29 is 4.39 Å². The number of nitrogens with two attached hydrogens (primary N) is 1. The van der Waals surface area contributed by atoms with Crippen LogP contribution in [0.5, 0.6) is 0 Å². The monoisotopic (exact) mass is 229 g/mol. The molecule has 0 bridgehead atoms. The van der Waals surface area contributed by atoms with Gasteiger partial charge in [-0.1, -0.05) is 36.4 Å². The Morgan fingerprint density at radius 1 is 0.941 bits per heavy atom. The fourth-order valence-corrected chi connectivity index (χ4v) is 1.88. The Morgan fingerprint density at radius 3 is 2.35 bits per heavy atom. The second-order valence-electron chi connectivity index (χ2n) is 4.10. The second-order valence-corrected chi connectivity index (χ2v) is 4.10. The lowest BCUT2D eigenvalue weighted by Gasteiger charge is -2.05. The number of benzene rings is 2. The molecule has 88 valence electrons. The van der Waals surface area contributed by atoms with Crippen molar-refractivity contribution in [2.45, 2.75) is 12.8 Å². The Balaban J connectivity index is 2.26. The van der Waals surface area contributed by atoms with Crippen molar-refractivity contribution in [1.29, 1.82) is 0 Å². The summed E-state index contributed by atoms with van der Waals surface area (Å²) in [6, 6.07) is 14.9. The summed E-state index contributed by atoms with van der Waals surface area (Å²) in [5.74, 6) is -0.199. The molecular weight excluding hydrogens is 213 g/mol. The minimum Gasteiger partial charge on any atom is -0.330 e. The van der Waals surface area contributed by atoms with Crippen LogP contribution in [0.3, 0.4) is 0 Å². The molecule has 2 rings (SSSR count). The minimum absolute atomic E-state index is 0.199. The zero-order chi connectivity index (χ0) is 12.1. The highest BCUT2D eigenvalue weighted by Crippen LogP contribution is 2.21. The van der Waals surface area contributed by atoms with E-state index in [0.717, 1.165) is 24.0 Å². The molecule has 0 fully saturated rings. The average Bonchev–Trinajstić information content (AvgIpc) is 2.37. The largest absolute Gasteiger partial charge is 0.330 e. The van der Waals surface area contributed by atoms with E-state index in [-0.39, 0.29) is 5.82 Å². The van der Waals surface area contributed by atoms with E-state index in [4.69, 9.17) is 5.73 Å². The summed E-state index contributed by atoms with van der Waals surface area (Å²) in [6.45, 7) is 0.699. The van der Waals surface area contributed by atoms with Gasteiger partial charge in [-0.25, -0.2) is 4.39 Å². The summed E-state index contributed by atoms with van der Waals surface area (Å²) in [5, 5.41) is 0. The lowest BCUT2D eigenvalue weighted by Crippen LogP contribution is -2.00. The van der Waals surface area contributed by atoms with E-state index in [1.165, 1.54) is 11.6 Å². The summed E-state index contributed by atoms with van der Waals surface area (Å²) in [4.78, 5) is 0. The Bertz CT molecular complexity index is 494. The Kier molecular flexibility index (Phi) is 3.89. The topological polar surface area (TPSA) is 26.0 Å². The molecule has 0 aliphatic carbocycles. The fourth-order valence-electron chi connectivity index (χ4n) is 1.88. The standard InChI is InChI=1S/C15H16FN/c16-15-8-2-7-14(11-15)13-6-1-4-12(10-13)5-3-9-17/h1-2,4,6-8,10-11H,3,5,9,17H2. The van der Waals surface area contributed by atoms with Crippen LogP contribution in [0.1, 0.15) is 12.0 Å². The molecule has 0 saturated heterocycles. The SMILES string of the molecule is NCCCc1cccc(-c2cccc(F)c2)c1. The Hall–Kier alpha value is -1.67. The van der Waals surface area contributed by atoms with Gasteiger partial charge in [-0.2, -0.15) is 0 Å². The summed E-state index contributed by atoms with van der Waals surface area (Å²) in [5.41, 5.74) is 8.71. The molecule has 2 aromatic carbocycles. The molecule has 0 amide bonds. The van der Waals surface area contributed by atoms with Gasteiger partial charge < -0.3 is 5.73 Å². The summed E-state index contributed by atoms with van der Waals surface area (Å²) >= 11 is 0. The van der Waals surface area contributed by atoms with Crippen LogP contribution in [0.25, 0.3) is 11.1 Å². The molecule has 17 heavy (non-hydrogen) atoms. The van der Waals surface area contributed by atoms with Gasteiger partial charge in [0.25, 0.3) is 0 Å². The van der Waals surface area contributed by atoms with E-state index >= 15 is 0 Å². The lowest BCUT2D eigenvalue weighted by atomic mass is 10.0. The Morgan fingerprint density at radius 2 is 1.65 bits per heavy atom. The normalized spacial score (nSPS) is 10.5. The van der Waals surface area contributed by atoms with Gasteiger partial charge in [0.1, 0.15) is 5.82 Å². The number of aryl methyl sites for hydroxylation is 1. The van der Waals surface area contributed by atoms with E-state index in [2.05, 4.69) is 12.1 Å². The molecule has 0 heterocycles. The molecule has 0 unspecified atom stereocenters. The highest BCUT2D eigenvalue weighted by Gasteiger charge is 2.00. The van der Waals surface area contributed by atoms with Gasteiger partial charge in [0, 0.05) is 0 Å². The van der Waals surface area contributed by atoms with Crippen LogP contribution in [-0.2, 0) is 6.42 Å². The molecule has 2 N–H and O–H groups in total.